The summed E-state index contributed by atoms with van der Waals surface area (Å²) in [5, 5.41) is 6.55. The van der Waals surface area contributed by atoms with Crippen LogP contribution < -0.4 is 20.1 Å². The summed E-state index contributed by atoms with van der Waals surface area (Å²) in [5.41, 5.74) is 5.05. The summed E-state index contributed by atoms with van der Waals surface area (Å²) < 4.78 is 13.3. The highest BCUT2D eigenvalue weighted by Crippen LogP contribution is 2.34. The summed E-state index contributed by atoms with van der Waals surface area (Å²) in [6.07, 6.45) is 7.34. The van der Waals surface area contributed by atoms with E-state index in [-0.39, 0.29) is 6.10 Å². The van der Waals surface area contributed by atoms with Gasteiger partial charge in [0.15, 0.2) is 23.0 Å². The van der Waals surface area contributed by atoms with Gasteiger partial charge in [0.2, 0.25) is 0 Å². The third-order valence-corrected chi connectivity index (χ3v) is 4.93. The molecule has 0 unspecified atom stereocenters. The summed E-state index contributed by atoms with van der Waals surface area (Å²) >= 11 is 0. The van der Waals surface area contributed by atoms with E-state index in [0.717, 1.165) is 34.0 Å². The normalized spacial score (nSPS) is 12.0. The molecule has 0 saturated heterocycles. The van der Waals surface area contributed by atoms with E-state index in [4.69, 9.17) is 14.5 Å². The maximum Gasteiger partial charge on any atom is 0.180 e. The Bertz CT molecular complexity index is 1370. The Balaban J connectivity index is 1.52. The van der Waals surface area contributed by atoms with Crippen molar-refractivity contribution in [2.45, 2.75) is 20.0 Å². The second-order valence-electron chi connectivity index (χ2n) is 7.55. The topological polar surface area (TPSA) is 85.1 Å². The van der Waals surface area contributed by atoms with Crippen LogP contribution in [-0.4, -0.2) is 33.5 Å². The number of aliphatic imine (C=N–C) groups is 1. The van der Waals surface area contributed by atoms with E-state index in [1.54, 1.807) is 19.5 Å². The Morgan fingerprint density at radius 1 is 1.12 bits per heavy atom. The molecule has 4 aromatic rings. The molecule has 0 aliphatic carbocycles. The third kappa shape index (κ3) is 3.75. The van der Waals surface area contributed by atoms with Gasteiger partial charge in [-0.3, -0.25) is 0 Å². The number of methoxy groups -OCH3 is 1. The van der Waals surface area contributed by atoms with E-state index < -0.39 is 0 Å². The predicted molar refractivity (Wildman–Crippen MR) is 126 cm³/mol. The molecule has 0 atom stereocenters. The fraction of sp³-hybridized carbons (Fsp3) is 0.167. The van der Waals surface area contributed by atoms with Gasteiger partial charge in [-0.25, -0.2) is 15.0 Å². The van der Waals surface area contributed by atoms with Crippen LogP contribution in [0.3, 0.4) is 0 Å². The molecule has 0 bridgehead atoms. The number of fused-ring (bicyclic) bond motifs is 2. The van der Waals surface area contributed by atoms with Crippen LogP contribution in [0.5, 0.6) is 11.5 Å². The molecule has 2 aromatic carbocycles. The smallest absolute Gasteiger partial charge is 0.180 e. The average Bonchev–Trinajstić information content (AvgIpc) is 3.28. The van der Waals surface area contributed by atoms with Crippen LogP contribution in [0.4, 0.5) is 22.9 Å². The van der Waals surface area contributed by atoms with E-state index in [1.807, 2.05) is 67.0 Å². The van der Waals surface area contributed by atoms with Crippen molar-refractivity contribution in [1.29, 1.82) is 0 Å². The molecule has 32 heavy (non-hydrogen) atoms. The molecule has 0 amide bonds. The number of imidazole rings is 1. The maximum absolute atomic E-state index is 5.82. The van der Waals surface area contributed by atoms with Crippen molar-refractivity contribution in [3.63, 3.8) is 0 Å². The van der Waals surface area contributed by atoms with Crippen molar-refractivity contribution in [2.24, 2.45) is 4.99 Å². The number of nitrogens with zero attached hydrogens (tertiary/aromatic N) is 4. The number of aromatic nitrogens is 3. The van der Waals surface area contributed by atoms with Crippen LogP contribution in [0.2, 0.25) is 0 Å². The van der Waals surface area contributed by atoms with Gasteiger partial charge < -0.3 is 24.5 Å². The quantitative estimate of drug-likeness (QED) is 0.442. The van der Waals surface area contributed by atoms with E-state index in [1.165, 1.54) is 0 Å². The van der Waals surface area contributed by atoms with E-state index in [0.29, 0.717) is 17.3 Å². The highest BCUT2D eigenvalue weighted by atomic mass is 16.5. The second-order valence-corrected chi connectivity index (χ2v) is 7.55. The zero-order valence-electron chi connectivity index (χ0n) is 18.0. The zero-order chi connectivity index (χ0) is 22.1. The highest BCUT2D eigenvalue weighted by Gasteiger charge is 2.13. The largest absolute Gasteiger partial charge is 0.493 e. The Kier molecular flexibility index (Phi) is 4.97. The predicted octanol–water partition coefficient (Wildman–Crippen LogP) is 5.18. The van der Waals surface area contributed by atoms with E-state index in [2.05, 4.69) is 26.5 Å². The number of anilines is 3. The van der Waals surface area contributed by atoms with Gasteiger partial charge in [-0.05, 0) is 38.1 Å². The molecule has 1 aliphatic heterocycles. The molecule has 0 saturated carbocycles. The molecule has 0 fully saturated rings. The molecular weight excluding hydrogens is 404 g/mol. The Hall–Kier alpha value is -4.29. The van der Waals surface area contributed by atoms with Crippen molar-refractivity contribution in [3.8, 4) is 22.8 Å². The zero-order valence-corrected chi connectivity index (χ0v) is 18.0. The average molecular weight is 426 g/mol. The van der Waals surface area contributed by atoms with Crippen LogP contribution in [0.1, 0.15) is 13.8 Å². The third-order valence-electron chi connectivity index (χ3n) is 4.93. The summed E-state index contributed by atoms with van der Waals surface area (Å²) in [6.45, 7) is 3.96. The van der Waals surface area contributed by atoms with Gasteiger partial charge in [-0.15, -0.1) is 0 Å². The molecule has 8 heteroatoms. The molecule has 1 aliphatic rings. The summed E-state index contributed by atoms with van der Waals surface area (Å²) in [6, 6.07) is 11.7. The molecular formula is C24H22N6O2. The molecule has 5 rings (SSSR count). The summed E-state index contributed by atoms with van der Waals surface area (Å²) in [5.74, 6) is 4.79. The lowest BCUT2D eigenvalue weighted by molar-refractivity contribution is 0.230. The van der Waals surface area contributed by atoms with Crippen molar-refractivity contribution in [3.05, 3.63) is 61.2 Å². The molecule has 0 radical (unpaired) electrons. The lowest BCUT2D eigenvalue weighted by atomic mass is 10.1. The Labute approximate surface area is 185 Å². The van der Waals surface area contributed by atoms with Crippen LogP contribution in [0.25, 0.3) is 16.9 Å². The molecule has 0 spiro atoms. The lowest BCUT2D eigenvalue weighted by Gasteiger charge is -2.16. The first-order valence-electron chi connectivity index (χ1n) is 10.2. The second kappa shape index (κ2) is 8.09. The number of rotatable bonds is 6. The fourth-order valence-electron chi connectivity index (χ4n) is 3.51. The number of hydrogen-bond acceptors (Lipinski definition) is 7. The van der Waals surface area contributed by atoms with Gasteiger partial charge in [0.05, 0.1) is 36.5 Å². The molecule has 160 valence electrons. The first kappa shape index (κ1) is 19.7. The lowest BCUT2D eigenvalue weighted by Crippen LogP contribution is -2.07. The van der Waals surface area contributed by atoms with Crippen molar-refractivity contribution in [1.82, 2.24) is 14.4 Å². The molecule has 3 heterocycles. The summed E-state index contributed by atoms with van der Waals surface area (Å²) in [7, 11) is 1.63. The minimum Gasteiger partial charge on any atom is -0.493 e. The Morgan fingerprint density at radius 2 is 2.03 bits per heavy atom. The minimum absolute atomic E-state index is 0.0536. The summed E-state index contributed by atoms with van der Waals surface area (Å²) in [4.78, 5) is 13.6. The maximum atomic E-state index is 5.82. The van der Waals surface area contributed by atoms with Gasteiger partial charge in [0, 0.05) is 41.8 Å². The van der Waals surface area contributed by atoms with Gasteiger partial charge in [0.25, 0.3) is 0 Å². The fourth-order valence-corrected chi connectivity index (χ4v) is 3.51. The van der Waals surface area contributed by atoms with Crippen LogP contribution in [0.15, 0.2) is 66.2 Å². The molecule has 2 aromatic heterocycles. The monoisotopic (exact) mass is 426 g/mol. The number of hydrogen-bond donors (Lipinski definition) is 2. The molecule has 8 nitrogen and oxygen atoms in total. The van der Waals surface area contributed by atoms with Gasteiger partial charge in [0.1, 0.15) is 0 Å². The van der Waals surface area contributed by atoms with Crippen LogP contribution >= 0.6 is 0 Å². The minimum atomic E-state index is 0.0536. The standard InChI is InChI=1S/C24H22N6O2/c1-15(2)32-21-7-5-17(13-22(21)31-3)28-23-24-27-10-11-30(24)14-20(29-23)16-4-6-18-19(12-16)26-9-8-25-18/h4-7,9-15,26H,1-3H3,(H,28,29). The van der Waals surface area contributed by atoms with E-state index >= 15 is 0 Å². The number of benzene rings is 2. The first-order valence-corrected chi connectivity index (χ1v) is 10.2. The van der Waals surface area contributed by atoms with Crippen LogP contribution in [-0.2, 0) is 0 Å². The van der Waals surface area contributed by atoms with Gasteiger partial charge in [-0.2, -0.15) is 0 Å². The molecule has 2 N–H and O–H groups in total. The Morgan fingerprint density at radius 3 is 2.88 bits per heavy atom. The van der Waals surface area contributed by atoms with Crippen molar-refractivity contribution in [2.75, 3.05) is 17.7 Å². The number of nitrogens with one attached hydrogen (secondary N) is 2. The first-order chi connectivity index (χ1) is 15.6. The van der Waals surface area contributed by atoms with Crippen LogP contribution in [0, 0.1) is 0 Å². The van der Waals surface area contributed by atoms with Gasteiger partial charge in [-0.1, -0.05) is 6.07 Å². The van der Waals surface area contributed by atoms with E-state index in [9.17, 15) is 0 Å². The van der Waals surface area contributed by atoms with Crippen molar-refractivity contribution >= 4 is 34.4 Å². The number of ether oxygens (including phenoxy) is 2. The van der Waals surface area contributed by atoms with Crippen molar-refractivity contribution < 1.29 is 9.47 Å². The van der Waals surface area contributed by atoms with Gasteiger partial charge >= 0.3 is 0 Å². The highest BCUT2D eigenvalue weighted by molar-refractivity contribution is 5.82. The SMILES string of the molecule is COc1cc(Nc2nc(-c3ccc4c(c3)NC=C=N4)cn3ccnc23)ccc1OC(C)C.